The van der Waals surface area contributed by atoms with E-state index in [0.29, 0.717) is 24.9 Å². The third-order valence-electron chi connectivity index (χ3n) is 6.67. The van der Waals surface area contributed by atoms with Crippen LogP contribution >= 0.6 is 0 Å². The quantitative estimate of drug-likeness (QED) is 0.710. The minimum absolute atomic E-state index is 0.0226. The Morgan fingerprint density at radius 3 is 2.46 bits per heavy atom. The first-order valence-corrected chi connectivity index (χ1v) is 12.1. The van der Waals surface area contributed by atoms with Crippen LogP contribution in [-0.2, 0) is 9.53 Å². The molecule has 0 radical (unpaired) electrons. The standard InChI is InChI=1S/C27H32FN3O4/c1-18(2)16-29-24(32)23-17-35-27(31(23)25(33)20-8-6-7-19(3)15-20)11-13-30(14-12-27)26(34)21-9-4-5-10-22(21)28/h4-10,15,18,23H,11-14,16-17H2,1-3H3,(H,29,32). The van der Waals surface area contributed by atoms with E-state index in [1.807, 2.05) is 32.9 Å². The van der Waals surface area contributed by atoms with Gasteiger partial charge in [0.05, 0.1) is 12.2 Å². The molecule has 2 fully saturated rings. The van der Waals surface area contributed by atoms with Gasteiger partial charge in [-0.1, -0.05) is 43.7 Å². The lowest BCUT2D eigenvalue weighted by molar-refractivity contribution is -0.128. The van der Waals surface area contributed by atoms with Crippen LogP contribution in [0.5, 0.6) is 0 Å². The average Bonchev–Trinajstić information content (AvgIpc) is 3.21. The molecule has 2 aromatic rings. The zero-order chi connectivity index (χ0) is 25.2. The molecule has 4 rings (SSSR count). The molecule has 8 heteroatoms. The zero-order valence-corrected chi connectivity index (χ0v) is 20.4. The van der Waals surface area contributed by atoms with Gasteiger partial charge in [-0.05, 0) is 37.1 Å². The summed E-state index contributed by atoms with van der Waals surface area (Å²) in [6, 6.07) is 12.4. The summed E-state index contributed by atoms with van der Waals surface area (Å²) in [5, 5.41) is 2.93. The van der Waals surface area contributed by atoms with Gasteiger partial charge in [0.1, 0.15) is 17.6 Å². The number of likely N-dealkylation sites (tertiary alicyclic amines) is 1. The summed E-state index contributed by atoms with van der Waals surface area (Å²) in [4.78, 5) is 42.9. The monoisotopic (exact) mass is 481 g/mol. The summed E-state index contributed by atoms with van der Waals surface area (Å²) in [7, 11) is 0. The molecular formula is C27H32FN3O4. The van der Waals surface area contributed by atoms with E-state index in [2.05, 4.69) is 5.32 Å². The van der Waals surface area contributed by atoms with E-state index in [0.717, 1.165) is 5.56 Å². The van der Waals surface area contributed by atoms with Crippen molar-refractivity contribution in [1.29, 1.82) is 0 Å². The average molecular weight is 482 g/mol. The van der Waals surface area contributed by atoms with Crippen molar-refractivity contribution in [1.82, 2.24) is 15.1 Å². The van der Waals surface area contributed by atoms with Crippen molar-refractivity contribution in [3.05, 3.63) is 71.0 Å². The molecule has 35 heavy (non-hydrogen) atoms. The number of carbonyl (C=O) groups is 3. The van der Waals surface area contributed by atoms with Gasteiger partial charge in [0.2, 0.25) is 5.91 Å². The number of nitrogens with one attached hydrogen (secondary N) is 1. The first kappa shape index (κ1) is 24.9. The Hall–Kier alpha value is -3.26. The van der Waals surface area contributed by atoms with Gasteiger partial charge in [-0.2, -0.15) is 0 Å². The summed E-state index contributed by atoms with van der Waals surface area (Å²) >= 11 is 0. The molecule has 1 unspecified atom stereocenters. The highest BCUT2D eigenvalue weighted by atomic mass is 19.1. The maximum atomic E-state index is 14.2. The number of benzene rings is 2. The Bertz CT molecular complexity index is 1110. The van der Waals surface area contributed by atoms with Gasteiger partial charge in [0.15, 0.2) is 0 Å². The molecule has 7 nitrogen and oxygen atoms in total. The normalized spacial score (nSPS) is 19.3. The lowest BCUT2D eigenvalue weighted by Gasteiger charge is -2.44. The third kappa shape index (κ3) is 5.07. The van der Waals surface area contributed by atoms with Crippen LogP contribution in [0.4, 0.5) is 4.39 Å². The molecule has 2 aliphatic heterocycles. The summed E-state index contributed by atoms with van der Waals surface area (Å²) in [6.07, 6.45) is 0.664. The van der Waals surface area contributed by atoms with Crippen LogP contribution < -0.4 is 5.32 Å². The molecule has 0 aliphatic carbocycles. The lowest BCUT2D eigenvalue weighted by Crippen LogP contribution is -2.60. The van der Waals surface area contributed by atoms with Crippen LogP contribution in [0.2, 0.25) is 0 Å². The number of halogens is 1. The van der Waals surface area contributed by atoms with Gasteiger partial charge in [-0.25, -0.2) is 4.39 Å². The van der Waals surface area contributed by atoms with Crippen LogP contribution in [0.1, 0.15) is 53.0 Å². The molecular weight excluding hydrogens is 449 g/mol. The molecule has 2 aromatic carbocycles. The number of rotatable bonds is 5. The third-order valence-corrected chi connectivity index (χ3v) is 6.67. The highest BCUT2D eigenvalue weighted by Gasteiger charge is 2.54. The molecule has 2 heterocycles. The van der Waals surface area contributed by atoms with Gasteiger partial charge in [0.25, 0.3) is 11.8 Å². The Kier molecular flexibility index (Phi) is 7.21. The highest BCUT2D eigenvalue weighted by molar-refractivity contribution is 5.99. The second kappa shape index (κ2) is 10.2. The number of ether oxygens (including phenoxy) is 1. The molecule has 0 bridgehead atoms. The van der Waals surface area contributed by atoms with Crippen LogP contribution in [-0.4, -0.2) is 65.5 Å². The SMILES string of the molecule is Cc1cccc(C(=O)N2C(C(=O)NCC(C)C)COC23CCN(C(=O)c2ccccc2F)CC3)c1. The van der Waals surface area contributed by atoms with E-state index < -0.39 is 23.5 Å². The Morgan fingerprint density at radius 1 is 1.09 bits per heavy atom. The maximum absolute atomic E-state index is 14.2. The molecule has 2 aliphatic rings. The highest BCUT2D eigenvalue weighted by Crippen LogP contribution is 2.39. The molecule has 0 saturated carbocycles. The molecule has 2 saturated heterocycles. The minimum atomic E-state index is -1.01. The first-order valence-electron chi connectivity index (χ1n) is 12.1. The van der Waals surface area contributed by atoms with Crippen LogP contribution in [0.15, 0.2) is 48.5 Å². The van der Waals surface area contributed by atoms with E-state index in [1.54, 1.807) is 34.1 Å². The number of hydrogen-bond acceptors (Lipinski definition) is 4. The Morgan fingerprint density at radius 2 is 1.80 bits per heavy atom. The summed E-state index contributed by atoms with van der Waals surface area (Å²) < 4.78 is 20.4. The van der Waals surface area contributed by atoms with Crippen molar-refractivity contribution in [2.45, 2.75) is 45.4 Å². The fourth-order valence-electron chi connectivity index (χ4n) is 4.77. The van der Waals surface area contributed by atoms with Gasteiger partial charge >= 0.3 is 0 Å². The predicted molar refractivity (Wildman–Crippen MR) is 129 cm³/mol. The number of aryl methyl sites for hydroxylation is 1. The van der Waals surface area contributed by atoms with Crippen LogP contribution in [0.25, 0.3) is 0 Å². The number of piperidine rings is 1. The maximum Gasteiger partial charge on any atom is 0.256 e. The topological polar surface area (TPSA) is 79.0 Å². The number of carbonyl (C=O) groups excluding carboxylic acids is 3. The number of hydrogen-bond donors (Lipinski definition) is 1. The van der Waals surface area contributed by atoms with Gasteiger partial charge in [0, 0.05) is 38.0 Å². The molecule has 3 amide bonds. The van der Waals surface area contributed by atoms with Crippen molar-refractivity contribution < 1.29 is 23.5 Å². The Labute approximate surface area is 205 Å². The fourth-order valence-corrected chi connectivity index (χ4v) is 4.77. The second-order valence-electron chi connectivity index (χ2n) is 9.73. The van der Waals surface area contributed by atoms with E-state index in [-0.39, 0.29) is 43.0 Å². The van der Waals surface area contributed by atoms with Crippen LogP contribution in [0, 0.1) is 18.7 Å². The van der Waals surface area contributed by atoms with E-state index in [1.165, 1.54) is 12.1 Å². The molecule has 0 aromatic heterocycles. The van der Waals surface area contributed by atoms with Gasteiger partial charge in [-0.3, -0.25) is 19.3 Å². The van der Waals surface area contributed by atoms with E-state index in [9.17, 15) is 18.8 Å². The fraction of sp³-hybridized carbons (Fsp3) is 0.444. The largest absolute Gasteiger partial charge is 0.354 e. The lowest BCUT2D eigenvalue weighted by atomic mass is 9.95. The Balaban J connectivity index is 1.58. The number of amides is 3. The van der Waals surface area contributed by atoms with E-state index >= 15 is 0 Å². The van der Waals surface area contributed by atoms with Crippen molar-refractivity contribution in [2.75, 3.05) is 26.2 Å². The smallest absolute Gasteiger partial charge is 0.256 e. The molecule has 1 spiro atoms. The minimum Gasteiger partial charge on any atom is -0.354 e. The van der Waals surface area contributed by atoms with Crippen LogP contribution in [0.3, 0.4) is 0 Å². The van der Waals surface area contributed by atoms with Crippen molar-refractivity contribution >= 4 is 17.7 Å². The first-order chi connectivity index (χ1) is 16.7. The second-order valence-corrected chi connectivity index (χ2v) is 9.73. The number of nitrogens with zero attached hydrogens (tertiary/aromatic N) is 2. The molecule has 186 valence electrons. The summed E-state index contributed by atoms with van der Waals surface area (Å²) in [6.45, 7) is 7.07. The molecule has 1 atom stereocenters. The van der Waals surface area contributed by atoms with Crippen molar-refractivity contribution in [3.8, 4) is 0 Å². The molecule has 1 N–H and O–H groups in total. The van der Waals surface area contributed by atoms with Crippen molar-refractivity contribution in [2.24, 2.45) is 5.92 Å². The predicted octanol–water partition coefficient (Wildman–Crippen LogP) is 3.38. The summed E-state index contributed by atoms with van der Waals surface area (Å²) in [5.74, 6) is -1.21. The van der Waals surface area contributed by atoms with Gasteiger partial charge < -0.3 is 15.0 Å². The zero-order valence-electron chi connectivity index (χ0n) is 20.4. The van der Waals surface area contributed by atoms with Gasteiger partial charge in [-0.15, -0.1) is 0 Å². The van der Waals surface area contributed by atoms with Crippen molar-refractivity contribution in [3.63, 3.8) is 0 Å². The van der Waals surface area contributed by atoms with E-state index in [4.69, 9.17) is 4.74 Å². The summed E-state index contributed by atoms with van der Waals surface area (Å²) in [5.41, 5.74) is 0.444.